The molecule has 0 bridgehead atoms. The van der Waals surface area contributed by atoms with Gasteiger partial charge in [-0.2, -0.15) is 10.2 Å². The van der Waals surface area contributed by atoms with Crippen LogP contribution in [0.2, 0.25) is 0 Å². The molecule has 2 heterocycles. The van der Waals surface area contributed by atoms with Crippen molar-refractivity contribution in [1.29, 1.82) is 0 Å². The van der Waals surface area contributed by atoms with E-state index in [-0.39, 0.29) is 12.1 Å². The van der Waals surface area contributed by atoms with E-state index in [1.54, 1.807) is 28.0 Å². The van der Waals surface area contributed by atoms with E-state index in [9.17, 15) is 4.79 Å². The van der Waals surface area contributed by atoms with Crippen LogP contribution in [0.5, 0.6) is 0 Å². The summed E-state index contributed by atoms with van der Waals surface area (Å²) in [7, 11) is 0. The van der Waals surface area contributed by atoms with Crippen molar-refractivity contribution < 1.29 is 4.79 Å². The van der Waals surface area contributed by atoms with Gasteiger partial charge < -0.3 is 10.6 Å². The number of carbonyl (C=O) groups excluding carboxylic acids is 1. The lowest BCUT2D eigenvalue weighted by Crippen LogP contribution is -2.31. The Morgan fingerprint density at radius 3 is 2.67 bits per heavy atom. The zero-order valence-electron chi connectivity index (χ0n) is 13.7. The maximum Gasteiger partial charge on any atom is 0.319 e. The minimum absolute atomic E-state index is 0.113. The van der Waals surface area contributed by atoms with Crippen molar-refractivity contribution in [2.75, 3.05) is 5.32 Å². The fraction of sp³-hybridized carbons (Fsp3) is 0.235. The van der Waals surface area contributed by atoms with Crippen molar-refractivity contribution in [1.82, 2.24) is 24.9 Å². The number of nitrogens with one attached hydrogen (secondary N) is 2. The molecule has 7 heteroatoms. The third kappa shape index (κ3) is 3.62. The van der Waals surface area contributed by atoms with Crippen molar-refractivity contribution in [2.45, 2.75) is 26.4 Å². The third-order valence-electron chi connectivity index (χ3n) is 3.72. The summed E-state index contributed by atoms with van der Waals surface area (Å²) in [6.45, 7) is 4.70. The van der Waals surface area contributed by atoms with Gasteiger partial charge in [0.2, 0.25) is 0 Å². The first-order valence-corrected chi connectivity index (χ1v) is 7.85. The number of anilines is 1. The molecule has 7 nitrogen and oxygen atoms in total. The van der Waals surface area contributed by atoms with Gasteiger partial charge in [-0.05, 0) is 37.6 Å². The van der Waals surface area contributed by atoms with Crippen LogP contribution in [-0.2, 0) is 6.54 Å². The first kappa shape index (κ1) is 15.8. The maximum absolute atomic E-state index is 12.1. The SMILES string of the molecule is CCn1cc(NC(=O)NC(C)c2ccc(-n3cccn3)cc2)cn1. The van der Waals surface area contributed by atoms with Crippen molar-refractivity contribution in [3.05, 3.63) is 60.7 Å². The lowest BCUT2D eigenvalue weighted by atomic mass is 10.1. The maximum atomic E-state index is 12.1. The lowest BCUT2D eigenvalue weighted by Gasteiger charge is -2.15. The van der Waals surface area contributed by atoms with Crippen LogP contribution in [0.25, 0.3) is 5.69 Å². The zero-order chi connectivity index (χ0) is 16.9. The molecule has 0 spiro atoms. The summed E-state index contributed by atoms with van der Waals surface area (Å²) in [4.78, 5) is 12.1. The molecule has 124 valence electrons. The number of rotatable bonds is 5. The Morgan fingerprint density at radius 1 is 1.25 bits per heavy atom. The van der Waals surface area contributed by atoms with E-state index in [1.807, 2.05) is 50.4 Å². The number of hydrogen-bond donors (Lipinski definition) is 2. The number of carbonyl (C=O) groups is 1. The van der Waals surface area contributed by atoms with Gasteiger partial charge in [-0.1, -0.05) is 12.1 Å². The third-order valence-corrected chi connectivity index (χ3v) is 3.72. The van der Waals surface area contributed by atoms with E-state index in [0.717, 1.165) is 17.8 Å². The van der Waals surface area contributed by atoms with Crippen molar-refractivity contribution in [3.8, 4) is 5.69 Å². The molecule has 2 aromatic heterocycles. The highest BCUT2D eigenvalue weighted by Gasteiger charge is 2.10. The molecule has 3 aromatic rings. The highest BCUT2D eigenvalue weighted by molar-refractivity contribution is 5.89. The standard InChI is InChI=1S/C17H20N6O/c1-3-22-12-15(11-19-22)21-17(24)20-13(2)14-5-7-16(8-6-14)23-10-4-9-18-23/h4-13H,3H2,1-2H3,(H2,20,21,24). The van der Waals surface area contributed by atoms with Gasteiger partial charge in [0.05, 0.1) is 23.6 Å². The first-order valence-electron chi connectivity index (χ1n) is 7.85. The van der Waals surface area contributed by atoms with Gasteiger partial charge in [-0.15, -0.1) is 0 Å². The molecule has 0 saturated heterocycles. The molecule has 0 aliphatic rings. The molecule has 2 N–H and O–H groups in total. The minimum atomic E-state index is -0.255. The summed E-state index contributed by atoms with van der Waals surface area (Å²) in [6.07, 6.45) is 7.06. The van der Waals surface area contributed by atoms with Crippen molar-refractivity contribution in [3.63, 3.8) is 0 Å². The van der Waals surface area contributed by atoms with E-state index in [0.29, 0.717) is 5.69 Å². The number of aryl methyl sites for hydroxylation is 1. The first-order chi connectivity index (χ1) is 11.7. The van der Waals surface area contributed by atoms with Crippen LogP contribution in [0.1, 0.15) is 25.5 Å². The highest BCUT2D eigenvalue weighted by Crippen LogP contribution is 2.15. The average Bonchev–Trinajstić information content (AvgIpc) is 3.26. The van der Waals surface area contributed by atoms with Crippen LogP contribution in [0.4, 0.5) is 10.5 Å². The Hall–Kier alpha value is -3.09. The molecular formula is C17H20N6O. The predicted molar refractivity (Wildman–Crippen MR) is 92.0 cm³/mol. The van der Waals surface area contributed by atoms with Crippen LogP contribution in [-0.4, -0.2) is 25.6 Å². The number of aromatic nitrogens is 4. The van der Waals surface area contributed by atoms with E-state index < -0.39 is 0 Å². The predicted octanol–water partition coefficient (Wildman–Crippen LogP) is 2.97. The number of urea groups is 1. The van der Waals surface area contributed by atoms with Gasteiger partial charge in [0.15, 0.2) is 0 Å². The molecule has 0 fully saturated rings. The molecule has 1 unspecified atom stereocenters. The van der Waals surface area contributed by atoms with E-state index in [4.69, 9.17) is 0 Å². The average molecular weight is 324 g/mol. The Labute approximate surface area is 140 Å². The summed E-state index contributed by atoms with van der Waals surface area (Å²) >= 11 is 0. The van der Waals surface area contributed by atoms with E-state index in [2.05, 4.69) is 20.8 Å². The van der Waals surface area contributed by atoms with Crippen molar-refractivity contribution >= 4 is 11.7 Å². The summed E-state index contributed by atoms with van der Waals surface area (Å²) in [5, 5.41) is 14.0. The van der Waals surface area contributed by atoms with Crippen LogP contribution < -0.4 is 10.6 Å². The summed E-state index contributed by atoms with van der Waals surface area (Å²) in [5.41, 5.74) is 2.67. The fourth-order valence-corrected chi connectivity index (χ4v) is 2.39. The van der Waals surface area contributed by atoms with Gasteiger partial charge in [0.25, 0.3) is 0 Å². The van der Waals surface area contributed by atoms with Gasteiger partial charge in [0.1, 0.15) is 0 Å². The Bertz CT molecular complexity index is 791. The number of benzene rings is 1. The van der Waals surface area contributed by atoms with Crippen LogP contribution >= 0.6 is 0 Å². The summed E-state index contributed by atoms with van der Waals surface area (Å²) in [6, 6.07) is 9.43. The van der Waals surface area contributed by atoms with Gasteiger partial charge in [-0.3, -0.25) is 4.68 Å². The van der Waals surface area contributed by atoms with Gasteiger partial charge in [0, 0.05) is 25.1 Å². The molecule has 1 atom stereocenters. The number of hydrogen-bond acceptors (Lipinski definition) is 3. The Balaban J connectivity index is 1.59. The summed E-state index contributed by atoms with van der Waals surface area (Å²) in [5.74, 6) is 0. The second-order valence-corrected chi connectivity index (χ2v) is 5.45. The van der Waals surface area contributed by atoms with E-state index >= 15 is 0 Å². The normalized spacial score (nSPS) is 11.9. The molecule has 0 saturated carbocycles. The van der Waals surface area contributed by atoms with Gasteiger partial charge >= 0.3 is 6.03 Å². The van der Waals surface area contributed by atoms with Crippen LogP contribution in [0, 0.1) is 0 Å². The highest BCUT2D eigenvalue weighted by atomic mass is 16.2. The topological polar surface area (TPSA) is 76.8 Å². The molecule has 24 heavy (non-hydrogen) atoms. The Kier molecular flexibility index (Phi) is 4.60. The molecule has 2 amide bonds. The molecule has 0 radical (unpaired) electrons. The monoisotopic (exact) mass is 324 g/mol. The molecule has 0 aliphatic carbocycles. The van der Waals surface area contributed by atoms with E-state index in [1.165, 1.54) is 0 Å². The molecule has 0 aliphatic heterocycles. The summed E-state index contributed by atoms with van der Waals surface area (Å²) < 4.78 is 3.55. The van der Waals surface area contributed by atoms with Crippen LogP contribution in [0.3, 0.4) is 0 Å². The second-order valence-electron chi connectivity index (χ2n) is 5.45. The number of amides is 2. The Morgan fingerprint density at radius 2 is 2.04 bits per heavy atom. The zero-order valence-corrected chi connectivity index (χ0v) is 13.7. The number of nitrogens with zero attached hydrogens (tertiary/aromatic N) is 4. The van der Waals surface area contributed by atoms with Crippen molar-refractivity contribution in [2.24, 2.45) is 0 Å². The van der Waals surface area contributed by atoms with Gasteiger partial charge in [-0.25, -0.2) is 9.48 Å². The fourth-order valence-electron chi connectivity index (χ4n) is 2.39. The largest absolute Gasteiger partial charge is 0.331 e. The second kappa shape index (κ2) is 6.99. The minimum Gasteiger partial charge on any atom is -0.331 e. The quantitative estimate of drug-likeness (QED) is 0.757. The molecule has 3 rings (SSSR count). The smallest absolute Gasteiger partial charge is 0.319 e. The molecule has 1 aromatic carbocycles. The lowest BCUT2D eigenvalue weighted by molar-refractivity contribution is 0.249. The van der Waals surface area contributed by atoms with Crippen LogP contribution in [0.15, 0.2) is 55.1 Å². The molecular weight excluding hydrogens is 304 g/mol.